The molecule has 72 valence electrons. The quantitative estimate of drug-likeness (QED) is 0.520. The van der Waals surface area contributed by atoms with Gasteiger partial charge in [0, 0.05) is 0 Å². The molecule has 0 aliphatic heterocycles. The fourth-order valence-electron chi connectivity index (χ4n) is 0.933. The van der Waals surface area contributed by atoms with Crippen molar-refractivity contribution in [2.45, 2.75) is 12.5 Å². The summed E-state index contributed by atoms with van der Waals surface area (Å²) in [5, 5.41) is 16.8. The maximum absolute atomic E-state index is 12.4. The van der Waals surface area contributed by atoms with Gasteiger partial charge in [0.1, 0.15) is 5.82 Å². The van der Waals surface area contributed by atoms with Crippen LogP contribution in [0.4, 0.5) is 4.39 Å². The lowest BCUT2D eigenvalue weighted by atomic mass is 10.2. The first kappa shape index (κ1) is 10.3. The standard InChI is InChI=1S/C8H11FO3Si/c9-7-3-1-6(2-4-7)5-13-12-8(10)11/h1-4,8,10-11H,5,13H2. The Hall–Kier alpha value is -0.753. The molecule has 0 unspecified atom stereocenters. The molecule has 0 aromatic heterocycles. The van der Waals surface area contributed by atoms with Gasteiger partial charge in [0.05, 0.1) is 0 Å². The van der Waals surface area contributed by atoms with Gasteiger partial charge in [-0.1, -0.05) is 12.1 Å². The Morgan fingerprint density at radius 2 is 1.92 bits per heavy atom. The van der Waals surface area contributed by atoms with Crippen LogP contribution in [0.2, 0.25) is 0 Å². The SMILES string of the molecule is OC(O)O[SiH2]Cc1ccc(F)cc1. The molecule has 0 radical (unpaired) electrons. The Kier molecular flexibility index (Phi) is 4.04. The van der Waals surface area contributed by atoms with E-state index in [1.165, 1.54) is 12.1 Å². The van der Waals surface area contributed by atoms with Gasteiger partial charge in [0.25, 0.3) is 6.48 Å². The smallest absolute Gasteiger partial charge is 0.256 e. The predicted molar refractivity (Wildman–Crippen MR) is 48.0 cm³/mol. The first-order chi connectivity index (χ1) is 6.18. The topological polar surface area (TPSA) is 49.7 Å². The number of hydrogen-bond donors (Lipinski definition) is 2. The van der Waals surface area contributed by atoms with Crippen molar-refractivity contribution in [1.82, 2.24) is 0 Å². The van der Waals surface area contributed by atoms with Crippen LogP contribution in [-0.2, 0) is 10.5 Å². The zero-order valence-electron chi connectivity index (χ0n) is 6.98. The van der Waals surface area contributed by atoms with E-state index in [1.54, 1.807) is 12.1 Å². The lowest BCUT2D eigenvalue weighted by molar-refractivity contribution is -0.180. The predicted octanol–water partition coefficient (Wildman–Crippen LogP) is -0.306. The molecule has 5 heteroatoms. The number of benzene rings is 1. The van der Waals surface area contributed by atoms with Crippen LogP contribution in [0.5, 0.6) is 0 Å². The van der Waals surface area contributed by atoms with Gasteiger partial charge in [-0.25, -0.2) is 4.39 Å². The van der Waals surface area contributed by atoms with Crippen LogP contribution in [0.1, 0.15) is 5.56 Å². The molecule has 0 saturated heterocycles. The Bertz CT molecular complexity index is 250. The minimum Gasteiger partial charge on any atom is -0.379 e. The first-order valence-corrected chi connectivity index (χ1v) is 5.48. The van der Waals surface area contributed by atoms with Crippen molar-refractivity contribution < 1.29 is 19.0 Å². The maximum Gasteiger partial charge on any atom is 0.256 e. The van der Waals surface area contributed by atoms with Crippen molar-refractivity contribution in [2.24, 2.45) is 0 Å². The molecule has 1 aromatic rings. The van der Waals surface area contributed by atoms with Gasteiger partial charge >= 0.3 is 0 Å². The van der Waals surface area contributed by atoms with E-state index in [-0.39, 0.29) is 5.82 Å². The monoisotopic (exact) mass is 202 g/mol. The van der Waals surface area contributed by atoms with Crippen LogP contribution in [-0.4, -0.2) is 26.5 Å². The van der Waals surface area contributed by atoms with E-state index in [0.717, 1.165) is 5.56 Å². The molecule has 0 atom stereocenters. The van der Waals surface area contributed by atoms with Crippen molar-refractivity contribution in [3.63, 3.8) is 0 Å². The van der Waals surface area contributed by atoms with Crippen molar-refractivity contribution in [1.29, 1.82) is 0 Å². The van der Waals surface area contributed by atoms with E-state index in [1.807, 2.05) is 0 Å². The van der Waals surface area contributed by atoms with Gasteiger partial charge in [0.2, 0.25) is 0 Å². The molecule has 0 aliphatic carbocycles. The molecule has 0 heterocycles. The highest BCUT2D eigenvalue weighted by Crippen LogP contribution is 2.02. The molecule has 0 aliphatic rings. The van der Waals surface area contributed by atoms with E-state index in [9.17, 15) is 4.39 Å². The summed E-state index contributed by atoms with van der Waals surface area (Å²) in [4.78, 5) is 0. The van der Waals surface area contributed by atoms with E-state index in [0.29, 0.717) is 6.04 Å². The third kappa shape index (κ3) is 4.14. The number of aliphatic hydroxyl groups is 2. The number of rotatable bonds is 4. The summed E-state index contributed by atoms with van der Waals surface area (Å²) in [7, 11) is -0.969. The van der Waals surface area contributed by atoms with Gasteiger partial charge < -0.3 is 14.6 Å². The average molecular weight is 202 g/mol. The van der Waals surface area contributed by atoms with Crippen molar-refractivity contribution >= 4 is 9.76 Å². The first-order valence-electron chi connectivity index (χ1n) is 3.90. The van der Waals surface area contributed by atoms with Gasteiger partial charge in [-0.15, -0.1) is 0 Å². The zero-order valence-corrected chi connectivity index (χ0v) is 8.40. The van der Waals surface area contributed by atoms with E-state index in [4.69, 9.17) is 10.2 Å². The van der Waals surface area contributed by atoms with Crippen LogP contribution in [0.15, 0.2) is 24.3 Å². The van der Waals surface area contributed by atoms with E-state index < -0.39 is 16.2 Å². The molecule has 1 aromatic carbocycles. The van der Waals surface area contributed by atoms with E-state index in [2.05, 4.69) is 4.43 Å². The van der Waals surface area contributed by atoms with Gasteiger partial charge in [-0.3, -0.25) is 0 Å². The third-order valence-corrected chi connectivity index (χ3v) is 2.89. The van der Waals surface area contributed by atoms with Crippen LogP contribution in [0, 0.1) is 5.82 Å². The highest BCUT2D eigenvalue weighted by Gasteiger charge is 1.98. The summed E-state index contributed by atoms with van der Waals surface area (Å²) in [6, 6.07) is 6.74. The highest BCUT2D eigenvalue weighted by atomic mass is 28.2. The highest BCUT2D eigenvalue weighted by molar-refractivity contribution is 6.26. The second kappa shape index (κ2) is 5.08. The van der Waals surface area contributed by atoms with Crippen LogP contribution in [0.25, 0.3) is 0 Å². The molecule has 0 saturated carbocycles. The second-order valence-electron chi connectivity index (χ2n) is 2.57. The Balaban J connectivity index is 2.33. The molecule has 0 amide bonds. The van der Waals surface area contributed by atoms with Gasteiger partial charge in [-0.05, 0) is 23.7 Å². The molecular formula is C8H11FO3Si. The molecule has 1 rings (SSSR count). The number of aliphatic hydroxyl groups excluding tert-OH is 1. The number of halogens is 1. The fourth-order valence-corrected chi connectivity index (χ4v) is 1.83. The van der Waals surface area contributed by atoms with Crippen molar-refractivity contribution in [3.8, 4) is 0 Å². The van der Waals surface area contributed by atoms with Gasteiger partial charge in [0.15, 0.2) is 9.76 Å². The van der Waals surface area contributed by atoms with Crippen molar-refractivity contribution in [2.75, 3.05) is 0 Å². The molecular weight excluding hydrogens is 191 g/mol. The molecule has 0 spiro atoms. The Morgan fingerprint density at radius 3 is 2.46 bits per heavy atom. The second-order valence-corrected chi connectivity index (χ2v) is 3.82. The summed E-state index contributed by atoms with van der Waals surface area (Å²) >= 11 is 0. The van der Waals surface area contributed by atoms with Crippen LogP contribution in [0.3, 0.4) is 0 Å². The van der Waals surface area contributed by atoms with Crippen LogP contribution >= 0.6 is 0 Å². The Morgan fingerprint density at radius 1 is 1.31 bits per heavy atom. The molecule has 0 fully saturated rings. The molecule has 13 heavy (non-hydrogen) atoms. The fraction of sp³-hybridized carbons (Fsp3) is 0.250. The number of hydrogen-bond acceptors (Lipinski definition) is 3. The maximum atomic E-state index is 12.4. The molecule has 0 bridgehead atoms. The summed E-state index contributed by atoms with van der Waals surface area (Å²) in [6.45, 7) is -1.67. The lowest BCUT2D eigenvalue weighted by Crippen LogP contribution is -2.15. The average Bonchev–Trinajstić information content (AvgIpc) is 2.08. The summed E-state index contributed by atoms with van der Waals surface area (Å²) in [6.07, 6.45) is 0. The summed E-state index contributed by atoms with van der Waals surface area (Å²) < 4.78 is 17.1. The van der Waals surface area contributed by atoms with E-state index >= 15 is 0 Å². The summed E-state index contributed by atoms with van der Waals surface area (Å²) in [5.74, 6) is -0.270. The summed E-state index contributed by atoms with van der Waals surface area (Å²) in [5.41, 5.74) is 0.953. The lowest BCUT2D eigenvalue weighted by Gasteiger charge is -2.04. The zero-order chi connectivity index (χ0) is 9.68. The minimum atomic E-state index is -1.67. The van der Waals surface area contributed by atoms with Gasteiger partial charge in [-0.2, -0.15) is 0 Å². The third-order valence-electron chi connectivity index (χ3n) is 1.57. The van der Waals surface area contributed by atoms with Crippen LogP contribution < -0.4 is 0 Å². The largest absolute Gasteiger partial charge is 0.379 e. The minimum absolute atomic E-state index is 0.270. The Labute approximate surface area is 77.7 Å². The molecule has 2 N–H and O–H groups in total. The molecule has 3 nitrogen and oxygen atoms in total. The van der Waals surface area contributed by atoms with Crippen molar-refractivity contribution in [3.05, 3.63) is 35.6 Å². The normalized spacial score (nSPS) is 11.7.